The molecule has 0 aromatic carbocycles. The largest absolute Gasteiger partial charge is 0.363 e. The molecule has 2 aromatic heterocycles. The summed E-state index contributed by atoms with van der Waals surface area (Å²) in [7, 11) is -3.49. The van der Waals surface area contributed by atoms with Crippen molar-refractivity contribution < 1.29 is 8.42 Å². The van der Waals surface area contributed by atoms with Gasteiger partial charge in [-0.05, 0) is 25.8 Å². The summed E-state index contributed by atoms with van der Waals surface area (Å²) in [5.74, 6) is 0. The molecule has 8 heteroatoms. The van der Waals surface area contributed by atoms with E-state index < -0.39 is 10.0 Å². The first-order valence-electron chi connectivity index (χ1n) is 6.84. The summed E-state index contributed by atoms with van der Waals surface area (Å²) in [4.78, 5) is 8.33. The molecule has 0 aliphatic heterocycles. The van der Waals surface area contributed by atoms with E-state index in [2.05, 4.69) is 20.0 Å². The maximum atomic E-state index is 12.2. The lowest BCUT2D eigenvalue weighted by molar-refractivity contribution is 0.581. The monoisotopic (exact) mass is 326 g/mol. The molecule has 0 amide bonds. The van der Waals surface area contributed by atoms with Gasteiger partial charge in [0.25, 0.3) is 0 Å². The van der Waals surface area contributed by atoms with Gasteiger partial charge in [0.05, 0.1) is 16.1 Å². The Morgan fingerprint density at radius 1 is 1.43 bits per heavy atom. The predicted octanol–water partition coefficient (Wildman–Crippen LogP) is 1.51. The van der Waals surface area contributed by atoms with Crippen molar-refractivity contribution in [3.8, 4) is 0 Å². The third-order valence-electron chi connectivity index (χ3n) is 3.45. The number of aromatic nitrogens is 2. The number of thiazole rings is 1. The van der Waals surface area contributed by atoms with E-state index in [1.807, 2.05) is 6.92 Å². The zero-order valence-electron chi connectivity index (χ0n) is 11.7. The van der Waals surface area contributed by atoms with E-state index in [-0.39, 0.29) is 11.4 Å². The number of hydrogen-bond acceptors (Lipinski definition) is 5. The van der Waals surface area contributed by atoms with Gasteiger partial charge in [-0.3, -0.25) is 0 Å². The second kappa shape index (κ2) is 5.88. The van der Waals surface area contributed by atoms with Crippen LogP contribution in [0.3, 0.4) is 0 Å². The minimum Gasteiger partial charge on any atom is -0.363 e. The molecule has 114 valence electrons. The van der Waals surface area contributed by atoms with Gasteiger partial charge in [0.2, 0.25) is 10.0 Å². The molecule has 0 saturated heterocycles. The molecule has 21 heavy (non-hydrogen) atoms. The summed E-state index contributed by atoms with van der Waals surface area (Å²) >= 11 is 1.45. The van der Waals surface area contributed by atoms with Crippen LogP contribution in [0.25, 0.3) is 0 Å². The Morgan fingerprint density at radius 2 is 2.24 bits per heavy atom. The van der Waals surface area contributed by atoms with Gasteiger partial charge in [-0.1, -0.05) is 0 Å². The summed E-state index contributed by atoms with van der Waals surface area (Å²) in [6.45, 7) is 2.83. The van der Waals surface area contributed by atoms with Crippen LogP contribution in [0.4, 0.5) is 0 Å². The van der Waals surface area contributed by atoms with Crippen molar-refractivity contribution >= 4 is 21.4 Å². The number of H-pyrrole nitrogens is 1. The lowest BCUT2D eigenvalue weighted by Crippen LogP contribution is -2.22. The van der Waals surface area contributed by atoms with Gasteiger partial charge in [0, 0.05) is 35.9 Å². The van der Waals surface area contributed by atoms with E-state index in [1.54, 1.807) is 11.6 Å². The number of rotatable bonds is 7. The van der Waals surface area contributed by atoms with Crippen LogP contribution in [0.15, 0.2) is 22.7 Å². The third-order valence-corrected chi connectivity index (χ3v) is 5.77. The molecule has 0 bridgehead atoms. The topological polar surface area (TPSA) is 86.9 Å². The number of nitrogens with zero attached hydrogens (tertiary/aromatic N) is 1. The normalized spacial score (nSPS) is 15.5. The van der Waals surface area contributed by atoms with Gasteiger partial charge in [0.1, 0.15) is 0 Å². The first-order chi connectivity index (χ1) is 10.0. The highest BCUT2D eigenvalue weighted by Gasteiger charge is 2.21. The second-order valence-corrected chi connectivity index (χ2v) is 7.91. The van der Waals surface area contributed by atoms with Crippen molar-refractivity contribution in [2.45, 2.75) is 43.8 Å². The molecular weight excluding hydrogens is 308 g/mol. The smallest absolute Gasteiger partial charge is 0.242 e. The van der Waals surface area contributed by atoms with E-state index in [0.717, 1.165) is 16.3 Å². The van der Waals surface area contributed by atoms with E-state index in [1.165, 1.54) is 30.4 Å². The Morgan fingerprint density at radius 3 is 2.90 bits per heavy atom. The Balaban J connectivity index is 1.62. The Kier molecular flexibility index (Phi) is 4.12. The fourth-order valence-electron chi connectivity index (χ4n) is 1.96. The minimum atomic E-state index is -3.49. The number of aromatic amines is 1. The molecule has 1 aliphatic carbocycles. The van der Waals surface area contributed by atoms with Gasteiger partial charge in [-0.2, -0.15) is 0 Å². The number of sulfonamides is 1. The van der Waals surface area contributed by atoms with Crippen LogP contribution in [0.1, 0.15) is 29.1 Å². The highest BCUT2D eigenvalue weighted by Crippen LogP contribution is 2.20. The van der Waals surface area contributed by atoms with Crippen molar-refractivity contribution in [1.29, 1.82) is 0 Å². The average molecular weight is 326 g/mol. The van der Waals surface area contributed by atoms with Crippen LogP contribution >= 0.6 is 11.3 Å². The maximum Gasteiger partial charge on any atom is 0.242 e. The van der Waals surface area contributed by atoms with Gasteiger partial charge >= 0.3 is 0 Å². The molecule has 3 rings (SSSR count). The molecule has 3 N–H and O–H groups in total. The zero-order chi connectivity index (χ0) is 14.9. The molecule has 1 aliphatic rings. The van der Waals surface area contributed by atoms with E-state index in [9.17, 15) is 8.42 Å². The van der Waals surface area contributed by atoms with E-state index in [4.69, 9.17) is 0 Å². The summed E-state index contributed by atoms with van der Waals surface area (Å²) in [5.41, 5.74) is 3.47. The first kappa shape index (κ1) is 14.7. The standard InChI is InChI=1S/C13H18N4O2S2/c1-9-13(20-8-16-9)7-17-21(18,19)12-4-11(15-6-12)5-14-10-2-3-10/h4,6,8,10,14-15,17H,2-3,5,7H2,1H3. The lowest BCUT2D eigenvalue weighted by Gasteiger charge is -2.03. The second-order valence-electron chi connectivity index (χ2n) is 5.20. The van der Waals surface area contributed by atoms with Crippen LogP contribution in [-0.2, 0) is 23.1 Å². The SMILES string of the molecule is Cc1ncsc1CNS(=O)(=O)c1c[nH]c(CNC2CC2)c1. The lowest BCUT2D eigenvalue weighted by atomic mass is 10.4. The van der Waals surface area contributed by atoms with Crippen molar-refractivity contribution in [1.82, 2.24) is 20.0 Å². The predicted molar refractivity (Wildman–Crippen MR) is 81.5 cm³/mol. The zero-order valence-corrected chi connectivity index (χ0v) is 13.4. The molecule has 2 heterocycles. The fourth-order valence-corrected chi connectivity index (χ4v) is 3.78. The molecular formula is C13H18N4O2S2. The number of aryl methyl sites for hydroxylation is 1. The van der Waals surface area contributed by atoms with Crippen molar-refractivity contribution in [2.24, 2.45) is 0 Å². The highest BCUT2D eigenvalue weighted by molar-refractivity contribution is 7.89. The molecule has 1 saturated carbocycles. The van der Waals surface area contributed by atoms with E-state index >= 15 is 0 Å². The molecule has 0 unspecified atom stereocenters. The maximum absolute atomic E-state index is 12.2. The van der Waals surface area contributed by atoms with Crippen LogP contribution in [0, 0.1) is 6.92 Å². The molecule has 0 radical (unpaired) electrons. The summed E-state index contributed by atoms with van der Waals surface area (Å²) in [6, 6.07) is 2.28. The summed E-state index contributed by atoms with van der Waals surface area (Å²) in [6.07, 6.45) is 3.95. The van der Waals surface area contributed by atoms with Crippen LogP contribution in [0.2, 0.25) is 0 Å². The van der Waals surface area contributed by atoms with Gasteiger partial charge < -0.3 is 10.3 Å². The molecule has 1 fully saturated rings. The molecule has 6 nitrogen and oxygen atoms in total. The number of nitrogens with one attached hydrogen (secondary N) is 3. The van der Waals surface area contributed by atoms with Crippen molar-refractivity contribution in [2.75, 3.05) is 0 Å². The first-order valence-corrected chi connectivity index (χ1v) is 9.20. The van der Waals surface area contributed by atoms with Gasteiger partial charge in [0.15, 0.2) is 0 Å². The minimum absolute atomic E-state index is 0.275. The number of hydrogen-bond donors (Lipinski definition) is 3. The Bertz CT molecular complexity index is 716. The Hall–Kier alpha value is -1.22. The third kappa shape index (κ3) is 3.70. The molecule has 2 aromatic rings. The van der Waals surface area contributed by atoms with Crippen LogP contribution in [0.5, 0.6) is 0 Å². The van der Waals surface area contributed by atoms with Crippen LogP contribution in [-0.4, -0.2) is 24.4 Å². The summed E-state index contributed by atoms with van der Waals surface area (Å²) < 4.78 is 27.1. The summed E-state index contributed by atoms with van der Waals surface area (Å²) in [5, 5.41) is 3.35. The average Bonchev–Trinajstić information content (AvgIpc) is 2.98. The molecule has 0 atom stereocenters. The van der Waals surface area contributed by atoms with Gasteiger partial charge in [-0.15, -0.1) is 11.3 Å². The Labute approximate surface area is 128 Å². The fraction of sp³-hybridized carbons (Fsp3) is 0.462. The quantitative estimate of drug-likeness (QED) is 0.720. The van der Waals surface area contributed by atoms with Crippen molar-refractivity contribution in [3.05, 3.63) is 34.0 Å². The van der Waals surface area contributed by atoms with E-state index in [0.29, 0.717) is 12.6 Å². The van der Waals surface area contributed by atoms with Crippen LogP contribution < -0.4 is 10.0 Å². The highest BCUT2D eigenvalue weighted by atomic mass is 32.2. The molecule has 0 spiro atoms. The van der Waals surface area contributed by atoms with Gasteiger partial charge in [-0.25, -0.2) is 18.1 Å². The van der Waals surface area contributed by atoms with Crippen molar-refractivity contribution in [3.63, 3.8) is 0 Å².